The highest BCUT2D eigenvalue weighted by Gasteiger charge is 2.40. The number of carbonyl (C=O) groups is 3. The summed E-state index contributed by atoms with van der Waals surface area (Å²) >= 11 is 8.10. The Hall–Kier alpha value is -1.85. The van der Waals surface area contributed by atoms with Crippen molar-refractivity contribution in [2.45, 2.75) is 12.1 Å². The third kappa shape index (κ3) is 4.83. The summed E-state index contributed by atoms with van der Waals surface area (Å²) in [6.45, 7) is 0. The zero-order valence-corrected chi connectivity index (χ0v) is 15.8. The highest BCUT2D eigenvalue weighted by molar-refractivity contribution is 7.98. The molecular weight excluding hydrogens is 390 g/mol. The molecule has 1 aliphatic rings. The first-order chi connectivity index (χ1) is 12.0. The highest BCUT2D eigenvalue weighted by Crippen LogP contribution is 2.17. The number of hydrogen-bond donors (Lipinski definition) is 3. The van der Waals surface area contributed by atoms with Crippen LogP contribution in [-0.2, 0) is 19.2 Å². The van der Waals surface area contributed by atoms with Crippen molar-refractivity contribution < 1.29 is 19.2 Å². The van der Waals surface area contributed by atoms with E-state index >= 15 is 0 Å². The van der Waals surface area contributed by atoms with Crippen molar-refractivity contribution in [3.05, 3.63) is 11.1 Å². The van der Waals surface area contributed by atoms with Crippen LogP contribution in [0.25, 0.3) is 0 Å². The minimum Gasteiger partial charge on any atom is -0.398 e. The van der Waals surface area contributed by atoms with Crippen molar-refractivity contribution in [2.75, 3.05) is 30.3 Å². The number of oxime groups is 1. The number of thiazole rings is 1. The van der Waals surface area contributed by atoms with E-state index in [4.69, 9.17) is 16.4 Å². The lowest BCUT2D eigenvalue weighted by Gasteiger charge is -2.36. The van der Waals surface area contributed by atoms with Gasteiger partial charge < -0.3 is 20.8 Å². The molecule has 2 atom stereocenters. The number of alkyl halides is 1. The molecule has 2 unspecified atom stereocenters. The molecule has 0 spiro atoms. The fourth-order valence-corrected chi connectivity index (χ4v) is 3.44. The number of β-lactam (4-membered cyclic amide) rings is 1. The Morgan fingerprint density at radius 2 is 2.32 bits per heavy atom. The number of nitrogens with one attached hydrogen (secondary N) is 3. The molecule has 25 heavy (non-hydrogen) atoms. The fourth-order valence-electron chi connectivity index (χ4n) is 2.02. The number of aromatic nitrogens is 1. The topological polar surface area (TPSA) is 122 Å². The lowest BCUT2D eigenvalue weighted by Crippen LogP contribution is -2.70. The van der Waals surface area contributed by atoms with Crippen LogP contribution >= 0.6 is 34.7 Å². The zero-order chi connectivity index (χ0) is 18.4. The number of carbonyl (C=O) groups excluding carboxylic acids is 3. The third-order valence-corrected chi connectivity index (χ3v) is 4.85. The first-order valence-electron chi connectivity index (χ1n) is 7.03. The Kier molecular flexibility index (Phi) is 7.02. The second kappa shape index (κ2) is 9.02. The molecule has 3 N–H and O–H groups in total. The van der Waals surface area contributed by atoms with Crippen LogP contribution in [0.1, 0.15) is 5.69 Å². The molecule has 1 fully saturated rings. The number of thioether (sulfide) groups is 1. The molecule has 2 rings (SSSR count). The number of halogens is 1. The van der Waals surface area contributed by atoms with Crippen LogP contribution in [0.15, 0.2) is 10.5 Å². The fraction of sp³-hybridized carbons (Fsp3) is 0.462. The molecule has 0 saturated carbocycles. The van der Waals surface area contributed by atoms with Gasteiger partial charge in [0, 0.05) is 11.1 Å². The van der Waals surface area contributed by atoms with E-state index < -0.39 is 17.9 Å². The van der Waals surface area contributed by atoms with Crippen LogP contribution in [-0.4, -0.2) is 65.5 Å². The summed E-state index contributed by atoms with van der Waals surface area (Å²) in [6.07, 6.45) is 1.91. The van der Waals surface area contributed by atoms with Crippen LogP contribution in [0, 0.1) is 0 Å². The van der Waals surface area contributed by atoms with E-state index in [9.17, 15) is 14.4 Å². The van der Waals surface area contributed by atoms with Gasteiger partial charge in [0.1, 0.15) is 24.7 Å². The Bertz CT molecular complexity index is 696. The third-order valence-electron chi connectivity index (χ3n) is 3.16. The van der Waals surface area contributed by atoms with E-state index in [-0.39, 0.29) is 34.4 Å². The van der Waals surface area contributed by atoms with Gasteiger partial charge in [-0.3, -0.25) is 14.4 Å². The smallest absolute Gasteiger partial charge is 0.276 e. The molecule has 1 saturated heterocycles. The summed E-state index contributed by atoms with van der Waals surface area (Å²) in [5.74, 6) is -0.782. The second-order valence-corrected chi connectivity index (χ2v) is 6.90. The minimum absolute atomic E-state index is 0.0901. The predicted molar refractivity (Wildman–Crippen MR) is 97.3 cm³/mol. The molecule has 0 radical (unpaired) electrons. The van der Waals surface area contributed by atoms with Gasteiger partial charge in [0.15, 0.2) is 10.8 Å². The SMILES string of the molecule is CO/N=C(\C(=O)NC1C(=O)NC1CSC)c1csc(NC(=O)CCl)n1. The van der Waals surface area contributed by atoms with Crippen LogP contribution in [0.2, 0.25) is 0 Å². The maximum atomic E-state index is 12.5. The van der Waals surface area contributed by atoms with Crippen molar-refractivity contribution in [1.29, 1.82) is 0 Å². The Morgan fingerprint density at radius 1 is 1.56 bits per heavy atom. The maximum absolute atomic E-state index is 12.5. The zero-order valence-electron chi connectivity index (χ0n) is 13.4. The minimum atomic E-state index is -0.629. The molecule has 136 valence electrons. The summed E-state index contributed by atoms with van der Waals surface area (Å²) < 4.78 is 0. The summed E-state index contributed by atoms with van der Waals surface area (Å²) in [5.41, 5.74) is 0.128. The van der Waals surface area contributed by atoms with E-state index in [2.05, 4.69) is 26.1 Å². The second-order valence-electron chi connectivity index (χ2n) is 4.86. The van der Waals surface area contributed by atoms with Gasteiger partial charge in [0.2, 0.25) is 11.8 Å². The van der Waals surface area contributed by atoms with Crippen molar-refractivity contribution in [3.8, 4) is 0 Å². The van der Waals surface area contributed by atoms with Crippen LogP contribution in [0.4, 0.5) is 5.13 Å². The van der Waals surface area contributed by atoms with Gasteiger partial charge in [-0.1, -0.05) is 5.16 Å². The largest absolute Gasteiger partial charge is 0.398 e. The van der Waals surface area contributed by atoms with Crippen LogP contribution in [0.5, 0.6) is 0 Å². The number of rotatable bonds is 8. The molecule has 2 heterocycles. The van der Waals surface area contributed by atoms with Gasteiger partial charge in [-0.05, 0) is 6.26 Å². The van der Waals surface area contributed by atoms with Crippen molar-refractivity contribution in [3.63, 3.8) is 0 Å². The summed E-state index contributed by atoms with van der Waals surface area (Å²) in [7, 11) is 1.29. The van der Waals surface area contributed by atoms with Gasteiger partial charge in [-0.15, -0.1) is 22.9 Å². The van der Waals surface area contributed by atoms with Crippen LogP contribution in [0.3, 0.4) is 0 Å². The number of amides is 3. The molecule has 12 heteroatoms. The quantitative estimate of drug-likeness (QED) is 0.242. The van der Waals surface area contributed by atoms with Gasteiger partial charge >= 0.3 is 0 Å². The number of anilines is 1. The van der Waals surface area contributed by atoms with E-state index in [0.717, 1.165) is 11.3 Å². The summed E-state index contributed by atoms with van der Waals surface area (Å²) in [4.78, 5) is 44.2. The molecule has 1 aromatic heterocycles. The van der Waals surface area contributed by atoms with Gasteiger partial charge in [0.05, 0.1) is 6.04 Å². The van der Waals surface area contributed by atoms with E-state index in [1.807, 2.05) is 6.26 Å². The van der Waals surface area contributed by atoms with E-state index in [0.29, 0.717) is 5.75 Å². The van der Waals surface area contributed by atoms with E-state index in [1.54, 1.807) is 17.1 Å². The lowest BCUT2D eigenvalue weighted by atomic mass is 10.0. The molecule has 3 amide bonds. The molecule has 1 aliphatic heterocycles. The number of nitrogens with zero attached hydrogens (tertiary/aromatic N) is 2. The van der Waals surface area contributed by atoms with Gasteiger partial charge in [-0.25, -0.2) is 4.98 Å². The summed E-state index contributed by atoms with van der Waals surface area (Å²) in [6, 6.07) is -0.764. The van der Waals surface area contributed by atoms with Gasteiger partial charge in [0.25, 0.3) is 5.91 Å². The molecule has 0 aromatic carbocycles. The highest BCUT2D eigenvalue weighted by atomic mass is 35.5. The normalized spacial score (nSPS) is 19.6. The first kappa shape index (κ1) is 19.5. The average molecular weight is 406 g/mol. The molecule has 9 nitrogen and oxygen atoms in total. The Morgan fingerprint density at radius 3 is 2.92 bits per heavy atom. The van der Waals surface area contributed by atoms with Crippen molar-refractivity contribution in [2.24, 2.45) is 5.16 Å². The maximum Gasteiger partial charge on any atom is 0.276 e. The summed E-state index contributed by atoms with van der Waals surface area (Å²) in [5, 5.41) is 13.3. The standard InChI is InChI=1S/C13H16ClN5O4S2/c1-23-19-10(7-5-25-13(16-7)17-8(20)3-14)12(22)18-9-6(4-24-2)15-11(9)21/h5-6,9H,3-4H2,1-2H3,(H,15,21)(H,18,22)(H,16,17,20)/b19-10-. The first-order valence-corrected chi connectivity index (χ1v) is 9.84. The predicted octanol–water partition coefficient (Wildman–Crippen LogP) is 0.0171. The van der Waals surface area contributed by atoms with Gasteiger partial charge in [-0.2, -0.15) is 11.8 Å². The number of hydrogen-bond acceptors (Lipinski definition) is 8. The lowest BCUT2D eigenvalue weighted by molar-refractivity contribution is -0.134. The Labute approximate surface area is 156 Å². The Balaban J connectivity index is 2.10. The molecule has 0 bridgehead atoms. The molecule has 1 aromatic rings. The van der Waals surface area contributed by atoms with Crippen molar-refractivity contribution >= 4 is 63.3 Å². The molecule has 0 aliphatic carbocycles. The average Bonchev–Trinajstić information content (AvgIpc) is 3.05. The van der Waals surface area contributed by atoms with Crippen molar-refractivity contribution in [1.82, 2.24) is 15.6 Å². The van der Waals surface area contributed by atoms with E-state index in [1.165, 1.54) is 7.11 Å². The van der Waals surface area contributed by atoms with Crippen LogP contribution < -0.4 is 16.0 Å². The molecular formula is C13H16ClN5O4S2. The monoisotopic (exact) mass is 405 g/mol.